The first-order valence-electron chi connectivity index (χ1n) is 7.56. The number of alkyl halides is 2. The van der Waals surface area contributed by atoms with Crippen LogP contribution in [0.1, 0.15) is 4.88 Å². The maximum Gasteiger partial charge on any atom is 0.387 e. The SMILES string of the molecule is O=C(CN1C(=O)SC(=Cc2cccs2)C1=O)Nc1ccc(OC(F)F)cc1. The number of imide groups is 1. The van der Waals surface area contributed by atoms with E-state index in [1.54, 1.807) is 6.08 Å². The van der Waals surface area contributed by atoms with Gasteiger partial charge in [-0.2, -0.15) is 8.78 Å². The molecule has 10 heteroatoms. The number of ether oxygens (including phenoxy) is 1. The average molecular weight is 410 g/mol. The minimum Gasteiger partial charge on any atom is -0.435 e. The van der Waals surface area contributed by atoms with E-state index in [2.05, 4.69) is 10.1 Å². The van der Waals surface area contributed by atoms with E-state index in [4.69, 9.17) is 0 Å². The van der Waals surface area contributed by atoms with Gasteiger partial charge in [0.05, 0.1) is 4.91 Å². The van der Waals surface area contributed by atoms with Crippen molar-refractivity contribution in [3.8, 4) is 5.75 Å². The Balaban J connectivity index is 1.60. The first-order valence-corrected chi connectivity index (χ1v) is 9.25. The highest BCUT2D eigenvalue weighted by Crippen LogP contribution is 2.32. The summed E-state index contributed by atoms with van der Waals surface area (Å²) in [6.07, 6.45) is 1.61. The summed E-state index contributed by atoms with van der Waals surface area (Å²) in [5.41, 5.74) is 0.322. The van der Waals surface area contributed by atoms with Gasteiger partial charge < -0.3 is 10.1 Å². The van der Waals surface area contributed by atoms with Crippen molar-refractivity contribution in [2.75, 3.05) is 11.9 Å². The fourth-order valence-corrected chi connectivity index (χ4v) is 3.76. The number of nitrogens with one attached hydrogen (secondary N) is 1. The molecule has 0 aliphatic carbocycles. The monoisotopic (exact) mass is 410 g/mol. The molecule has 1 N–H and O–H groups in total. The Morgan fingerprint density at radius 1 is 1.22 bits per heavy atom. The number of anilines is 1. The number of benzene rings is 1. The van der Waals surface area contributed by atoms with Gasteiger partial charge in [-0.05, 0) is 53.5 Å². The summed E-state index contributed by atoms with van der Waals surface area (Å²) in [6, 6.07) is 8.93. The van der Waals surface area contributed by atoms with E-state index in [0.29, 0.717) is 5.69 Å². The fourth-order valence-electron chi connectivity index (χ4n) is 2.20. The Labute approximate surface area is 160 Å². The predicted octanol–water partition coefficient (Wildman–Crippen LogP) is 4.02. The summed E-state index contributed by atoms with van der Waals surface area (Å²) in [5, 5.41) is 3.82. The Kier molecular flexibility index (Phi) is 5.87. The summed E-state index contributed by atoms with van der Waals surface area (Å²) < 4.78 is 28.4. The molecule has 0 atom stereocenters. The van der Waals surface area contributed by atoms with E-state index in [9.17, 15) is 23.2 Å². The molecule has 0 bridgehead atoms. The standard InChI is InChI=1S/C17H12F2N2O4S2/c18-16(19)25-11-5-3-10(4-6-11)20-14(22)9-21-15(23)13(27-17(21)24)8-12-2-1-7-26-12/h1-8,16H,9H2,(H,20,22). The molecule has 27 heavy (non-hydrogen) atoms. The molecule has 1 saturated heterocycles. The lowest BCUT2D eigenvalue weighted by molar-refractivity contribution is -0.127. The molecule has 3 rings (SSSR count). The van der Waals surface area contributed by atoms with Gasteiger partial charge in [0, 0.05) is 10.6 Å². The van der Waals surface area contributed by atoms with Gasteiger partial charge in [0.15, 0.2) is 0 Å². The molecule has 140 valence electrons. The first-order chi connectivity index (χ1) is 12.9. The summed E-state index contributed by atoms with van der Waals surface area (Å²) >= 11 is 2.20. The van der Waals surface area contributed by atoms with Crippen LogP contribution in [0.15, 0.2) is 46.7 Å². The Morgan fingerprint density at radius 2 is 1.96 bits per heavy atom. The van der Waals surface area contributed by atoms with Gasteiger partial charge in [0.2, 0.25) is 5.91 Å². The highest BCUT2D eigenvalue weighted by Gasteiger charge is 2.36. The average Bonchev–Trinajstić information content (AvgIpc) is 3.21. The minimum absolute atomic E-state index is 0.0485. The molecule has 0 saturated carbocycles. The molecule has 6 nitrogen and oxygen atoms in total. The number of hydrogen-bond acceptors (Lipinski definition) is 6. The molecule has 2 heterocycles. The van der Waals surface area contributed by atoms with Crippen LogP contribution >= 0.6 is 23.1 Å². The van der Waals surface area contributed by atoms with Gasteiger partial charge in [0.1, 0.15) is 12.3 Å². The second-order valence-corrected chi connectivity index (χ2v) is 7.21. The van der Waals surface area contributed by atoms with Crippen molar-refractivity contribution in [3.05, 3.63) is 51.6 Å². The van der Waals surface area contributed by atoms with Crippen molar-refractivity contribution in [1.82, 2.24) is 4.90 Å². The second kappa shape index (κ2) is 8.31. The van der Waals surface area contributed by atoms with Crippen molar-refractivity contribution in [2.45, 2.75) is 6.61 Å². The molecule has 0 unspecified atom stereocenters. The zero-order valence-corrected chi connectivity index (χ0v) is 15.2. The Hall–Kier alpha value is -2.72. The molecule has 0 radical (unpaired) electrons. The third kappa shape index (κ3) is 4.92. The van der Waals surface area contributed by atoms with E-state index < -0.39 is 30.2 Å². The predicted molar refractivity (Wildman–Crippen MR) is 98.7 cm³/mol. The number of amides is 3. The van der Waals surface area contributed by atoms with Crippen molar-refractivity contribution < 1.29 is 27.9 Å². The Bertz CT molecular complexity index is 883. The first kappa shape index (κ1) is 19.1. The number of hydrogen-bond donors (Lipinski definition) is 1. The van der Waals surface area contributed by atoms with Gasteiger partial charge in [-0.15, -0.1) is 11.3 Å². The number of carbonyl (C=O) groups is 3. The largest absolute Gasteiger partial charge is 0.435 e. The quantitative estimate of drug-likeness (QED) is 0.728. The van der Waals surface area contributed by atoms with Crippen LogP contribution in [0.25, 0.3) is 6.08 Å². The normalized spacial score (nSPS) is 15.7. The third-order valence-electron chi connectivity index (χ3n) is 3.36. The number of carbonyl (C=O) groups excluding carboxylic acids is 3. The molecule has 1 aliphatic heterocycles. The van der Waals surface area contributed by atoms with Crippen LogP contribution in [0.2, 0.25) is 0 Å². The van der Waals surface area contributed by atoms with Crippen molar-refractivity contribution in [3.63, 3.8) is 0 Å². The van der Waals surface area contributed by atoms with Crippen LogP contribution in [-0.4, -0.2) is 35.1 Å². The van der Waals surface area contributed by atoms with Gasteiger partial charge in [-0.1, -0.05) is 6.07 Å². The summed E-state index contributed by atoms with van der Waals surface area (Å²) in [4.78, 5) is 38.4. The number of thioether (sulfide) groups is 1. The molecule has 2 aromatic rings. The molecular weight excluding hydrogens is 398 g/mol. The minimum atomic E-state index is -2.94. The number of halogens is 2. The zero-order valence-electron chi connectivity index (χ0n) is 13.6. The van der Waals surface area contributed by atoms with E-state index in [-0.39, 0.29) is 10.7 Å². The maximum atomic E-state index is 12.3. The topological polar surface area (TPSA) is 75.7 Å². The van der Waals surface area contributed by atoms with Crippen LogP contribution in [0.4, 0.5) is 19.3 Å². The Morgan fingerprint density at radius 3 is 2.59 bits per heavy atom. The van der Waals surface area contributed by atoms with Gasteiger partial charge >= 0.3 is 6.61 Å². The lowest BCUT2D eigenvalue weighted by atomic mass is 10.3. The van der Waals surface area contributed by atoms with E-state index >= 15 is 0 Å². The van der Waals surface area contributed by atoms with Crippen molar-refractivity contribution in [1.29, 1.82) is 0 Å². The maximum absolute atomic E-state index is 12.3. The van der Waals surface area contributed by atoms with Gasteiger partial charge in [-0.25, -0.2) is 0 Å². The molecular formula is C17H12F2N2O4S2. The smallest absolute Gasteiger partial charge is 0.387 e. The van der Waals surface area contributed by atoms with Crippen LogP contribution in [-0.2, 0) is 9.59 Å². The lowest BCUT2D eigenvalue weighted by Crippen LogP contribution is -2.36. The summed E-state index contributed by atoms with van der Waals surface area (Å²) in [6.45, 7) is -3.38. The highest BCUT2D eigenvalue weighted by molar-refractivity contribution is 8.18. The van der Waals surface area contributed by atoms with Crippen LogP contribution in [0.3, 0.4) is 0 Å². The summed E-state index contributed by atoms with van der Waals surface area (Å²) in [7, 11) is 0. The molecule has 1 aromatic carbocycles. The molecule has 1 aromatic heterocycles. The van der Waals surface area contributed by atoms with E-state index in [0.717, 1.165) is 21.5 Å². The zero-order chi connectivity index (χ0) is 19.4. The number of rotatable bonds is 6. The van der Waals surface area contributed by atoms with E-state index in [1.165, 1.54) is 35.6 Å². The third-order valence-corrected chi connectivity index (χ3v) is 5.08. The molecule has 1 fully saturated rings. The second-order valence-electron chi connectivity index (χ2n) is 5.23. The van der Waals surface area contributed by atoms with E-state index in [1.807, 2.05) is 17.5 Å². The van der Waals surface area contributed by atoms with Gasteiger partial charge in [-0.3, -0.25) is 19.3 Å². The summed E-state index contributed by atoms with van der Waals surface area (Å²) in [5.74, 6) is -1.17. The molecule has 1 aliphatic rings. The van der Waals surface area contributed by atoms with Crippen LogP contribution in [0, 0.1) is 0 Å². The lowest BCUT2D eigenvalue weighted by Gasteiger charge is -2.12. The molecule has 0 spiro atoms. The molecule has 3 amide bonds. The van der Waals surface area contributed by atoms with Crippen LogP contribution in [0.5, 0.6) is 5.75 Å². The fraction of sp³-hybridized carbons (Fsp3) is 0.118. The van der Waals surface area contributed by atoms with Crippen LogP contribution < -0.4 is 10.1 Å². The van der Waals surface area contributed by atoms with Gasteiger partial charge in [0.25, 0.3) is 11.1 Å². The highest BCUT2D eigenvalue weighted by atomic mass is 32.2. The number of thiophene rings is 1. The number of nitrogens with zero attached hydrogens (tertiary/aromatic N) is 1. The van der Waals surface area contributed by atoms with Crippen molar-refractivity contribution >= 4 is 51.9 Å². The van der Waals surface area contributed by atoms with Crippen molar-refractivity contribution in [2.24, 2.45) is 0 Å².